The third-order valence-electron chi connectivity index (χ3n) is 8.21. The highest BCUT2D eigenvalue weighted by Crippen LogP contribution is 2.60. The molecule has 5 aliphatic rings. The van der Waals surface area contributed by atoms with Crippen molar-refractivity contribution in [3.63, 3.8) is 0 Å². The van der Waals surface area contributed by atoms with E-state index in [4.69, 9.17) is 0 Å². The van der Waals surface area contributed by atoms with Crippen molar-refractivity contribution in [3.8, 4) is 0 Å². The zero-order chi connectivity index (χ0) is 22.1. The molecule has 7 rings (SSSR count). The number of anilines is 2. The normalized spacial score (nSPS) is 35.3. The number of nitrogens with zero attached hydrogens (tertiary/aromatic N) is 2. The summed E-state index contributed by atoms with van der Waals surface area (Å²) in [7, 11) is 0. The molecule has 1 amide bonds. The fourth-order valence-electron chi connectivity index (χ4n) is 7.20. The van der Waals surface area contributed by atoms with Crippen molar-refractivity contribution in [2.45, 2.75) is 63.2 Å². The van der Waals surface area contributed by atoms with Gasteiger partial charge in [0.15, 0.2) is 6.04 Å². The largest absolute Gasteiger partial charge is 0.410 e. The Hall–Kier alpha value is -2.51. The Morgan fingerprint density at radius 2 is 1.66 bits per heavy atom. The number of amides is 1. The van der Waals surface area contributed by atoms with Gasteiger partial charge < -0.3 is 10.6 Å². The van der Waals surface area contributed by atoms with Gasteiger partial charge in [-0.25, -0.2) is 4.68 Å². The molecule has 1 aliphatic heterocycles. The molecule has 0 saturated heterocycles. The van der Waals surface area contributed by atoms with Crippen LogP contribution in [0.3, 0.4) is 0 Å². The minimum absolute atomic E-state index is 0.0420. The lowest BCUT2D eigenvalue weighted by Crippen LogP contribution is -2.51. The van der Waals surface area contributed by atoms with Gasteiger partial charge in [-0.1, -0.05) is 30.3 Å². The van der Waals surface area contributed by atoms with Crippen LogP contribution in [0.15, 0.2) is 36.5 Å². The van der Waals surface area contributed by atoms with Crippen molar-refractivity contribution < 1.29 is 18.0 Å². The van der Waals surface area contributed by atoms with Gasteiger partial charge in [-0.3, -0.25) is 4.79 Å². The van der Waals surface area contributed by atoms with Crippen LogP contribution < -0.4 is 10.6 Å². The SMILES string of the molecule is O=C(Nc1cnn2c1N[C@H](c1ccccc1)C[C@@H]2C(F)(F)F)C12CC3CC(CC(C3)C1)C2. The molecular weight excluding hydrogens is 417 g/mol. The number of hydrogen-bond donors (Lipinski definition) is 2. The van der Waals surface area contributed by atoms with Crippen LogP contribution in [-0.2, 0) is 4.79 Å². The van der Waals surface area contributed by atoms with Crippen LogP contribution in [0, 0.1) is 23.2 Å². The maximum Gasteiger partial charge on any atom is 0.410 e. The Balaban J connectivity index is 1.30. The van der Waals surface area contributed by atoms with Gasteiger partial charge in [0.2, 0.25) is 5.91 Å². The van der Waals surface area contributed by atoms with E-state index in [9.17, 15) is 18.0 Å². The van der Waals surface area contributed by atoms with Crippen LogP contribution in [0.5, 0.6) is 0 Å². The lowest BCUT2D eigenvalue weighted by atomic mass is 9.49. The van der Waals surface area contributed by atoms with Gasteiger partial charge in [-0.05, 0) is 61.8 Å². The van der Waals surface area contributed by atoms with Crippen molar-refractivity contribution in [3.05, 3.63) is 42.1 Å². The summed E-state index contributed by atoms with van der Waals surface area (Å²) in [6, 6.07) is 6.88. The molecule has 4 bridgehead atoms. The first-order valence-electron chi connectivity index (χ1n) is 11.6. The van der Waals surface area contributed by atoms with Crippen molar-refractivity contribution in [1.29, 1.82) is 0 Å². The van der Waals surface area contributed by atoms with Crippen LogP contribution in [0.2, 0.25) is 0 Å². The quantitative estimate of drug-likeness (QED) is 0.639. The predicted octanol–water partition coefficient (Wildman–Crippen LogP) is 5.70. The second-order valence-electron chi connectivity index (χ2n) is 10.4. The van der Waals surface area contributed by atoms with Gasteiger partial charge in [0, 0.05) is 6.42 Å². The molecule has 2 atom stereocenters. The van der Waals surface area contributed by atoms with Crippen molar-refractivity contribution in [2.75, 3.05) is 10.6 Å². The van der Waals surface area contributed by atoms with Crippen LogP contribution in [0.25, 0.3) is 0 Å². The van der Waals surface area contributed by atoms with Gasteiger partial charge in [-0.15, -0.1) is 0 Å². The molecule has 2 N–H and O–H groups in total. The summed E-state index contributed by atoms with van der Waals surface area (Å²) < 4.78 is 42.7. The number of hydrogen-bond acceptors (Lipinski definition) is 3. The van der Waals surface area contributed by atoms with Gasteiger partial charge in [0.25, 0.3) is 0 Å². The molecule has 2 heterocycles. The minimum atomic E-state index is -4.43. The van der Waals surface area contributed by atoms with E-state index in [1.54, 1.807) is 0 Å². The molecule has 4 fully saturated rings. The summed E-state index contributed by atoms with van der Waals surface area (Å²) in [6.07, 6.45) is 3.17. The standard InChI is InChI=1S/C24H27F3N4O/c25-24(26,27)20-9-18(17-4-2-1-3-5-17)29-21-19(13-28-31(20)21)30-22(32)23-10-14-6-15(11-23)8-16(7-14)12-23/h1-5,13-16,18,20,29H,6-12H2,(H,30,32)/t14?,15?,16?,18-,20+,23?/m0/s1. The third-order valence-corrected chi connectivity index (χ3v) is 8.21. The Kier molecular flexibility index (Phi) is 4.40. The van der Waals surface area contributed by atoms with Crippen LogP contribution in [0.4, 0.5) is 24.7 Å². The highest BCUT2D eigenvalue weighted by molar-refractivity contribution is 5.98. The topological polar surface area (TPSA) is 59.0 Å². The van der Waals surface area contributed by atoms with E-state index in [1.165, 1.54) is 25.5 Å². The predicted molar refractivity (Wildman–Crippen MR) is 114 cm³/mol. The molecule has 1 aromatic heterocycles. The lowest BCUT2D eigenvalue weighted by Gasteiger charge is -2.55. The maximum absolute atomic E-state index is 13.9. The number of rotatable bonds is 3. The number of carbonyl (C=O) groups is 1. The second-order valence-corrected chi connectivity index (χ2v) is 10.4. The molecular formula is C24H27F3N4O. The Labute approximate surface area is 184 Å². The van der Waals surface area contributed by atoms with E-state index in [0.717, 1.165) is 29.5 Å². The average molecular weight is 445 g/mol. The van der Waals surface area contributed by atoms with Gasteiger partial charge in [0.1, 0.15) is 11.5 Å². The average Bonchev–Trinajstić information content (AvgIpc) is 3.14. The highest BCUT2D eigenvalue weighted by atomic mass is 19.4. The molecule has 4 saturated carbocycles. The molecule has 0 spiro atoms. The van der Waals surface area contributed by atoms with Crippen LogP contribution >= 0.6 is 0 Å². The van der Waals surface area contributed by atoms with Crippen molar-refractivity contribution in [2.24, 2.45) is 23.2 Å². The summed E-state index contributed by atoms with van der Waals surface area (Å²) in [5, 5.41) is 10.3. The summed E-state index contributed by atoms with van der Waals surface area (Å²) in [5.41, 5.74) is 0.758. The van der Waals surface area contributed by atoms with E-state index in [2.05, 4.69) is 15.7 Å². The highest BCUT2D eigenvalue weighted by Gasteiger charge is 2.55. The fraction of sp³-hybridized carbons (Fsp3) is 0.583. The molecule has 4 aliphatic carbocycles. The molecule has 1 aromatic carbocycles. The van der Waals surface area contributed by atoms with Crippen molar-refractivity contribution >= 4 is 17.4 Å². The summed E-state index contributed by atoms with van der Waals surface area (Å²) >= 11 is 0. The first-order chi connectivity index (χ1) is 15.3. The molecule has 0 radical (unpaired) electrons. The van der Waals surface area contributed by atoms with E-state index >= 15 is 0 Å². The minimum Gasteiger partial charge on any atom is -0.362 e. The van der Waals surface area contributed by atoms with Gasteiger partial charge in [0.05, 0.1) is 17.7 Å². The molecule has 8 heteroatoms. The molecule has 2 aromatic rings. The molecule has 170 valence electrons. The van der Waals surface area contributed by atoms with E-state index in [-0.39, 0.29) is 23.6 Å². The number of fused-ring (bicyclic) bond motifs is 1. The number of aromatic nitrogens is 2. The first kappa shape index (κ1) is 20.1. The third kappa shape index (κ3) is 3.21. The van der Waals surface area contributed by atoms with Crippen molar-refractivity contribution in [1.82, 2.24) is 9.78 Å². The monoisotopic (exact) mass is 444 g/mol. The fourth-order valence-corrected chi connectivity index (χ4v) is 7.20. The summed E-state index contributed by atoms with van der Waals surface area (Å²) in [4.78, 5) is 13.5. The van der Waals surface area contributed by atoms with Crippen LogP contribution in [-0.4, -0.2) is 21.9 Å². The number of carbonyl (C=O) groups excluding carboxylic acids is 1. The summed E-state index contributed by atoms with van der Waals surface area (Å²) in [5.74, 6) is 2.04. The number of benzene rings is 1. The number of halogens is 3. The molecule has 0 unspecified atom stereocenters. The van der Waals surface area contributed by atoms with E-state index in [1.807, 2.05) is 30.3 Å². The number of alkyl halides is 3. The number of nitrogens with one attached hydrogen (secondary N) is 2. The Bertz CT molecular complexity index is 996. The van der Waals surface area contributed by atoms with Gasteiger partial charge >= 0.3 is 6.18 Å². The van der Waals surface area contributed by atoms with E-state index < -0.39 is 18.3 Å². The zero-order valence-corrected chi connectivity index (χ0v) is 17.7. The smallest absolute Gasteiger partial charge is 0.362 e. The molecule has 5 nitrogen and oxygen atoms in total. The first-order valence-corrected chi connectivity index (χ1v) is 11.6. The van der Waals surface area contributed by atoms with Gasteiger partial charge in [-0.2, -0.15) is 18.3 Å². The Morgan fingerprint density at radius 1 is 1.03 bits per heavy atom. The Morgan fingerprint density at radius 3 is 2.25 bits per heavy atom. The molecule has 32 heavy (non-hydrogen) atoms. The van der Waals surface area contributed by atoms with Crippen LogP contribution in [0.1, 0.15) is 62.6 Å². The lowest BCUT2D eigenvalue weighted by molar-refractivity contribution is -0.173. The zero-order valence-electron chi connectivity index (χ0n) is 17.7. The summed E-state index contributed by atoms with van der Waals surface area (Å²) in [6.45, 7) is 0. The van der Waals surface area contributed by atoms with E-state index in [0.29, 0.717) is 23.4 Å². The second kappa shape index (κ2) is 6.99. The maximum atomic E-state index is 13.9.